The van der Waals surface area contributed by atoms with Gasteiger partial charge < -0.3 is 14.6 Å². The van der Waals surface area contributed by atoms with Crippen molar-refractivity contribution in [3.63, 3.8) is 0 Å². The molecule has 0 aromatic heterocycles. The fourth-order valence-electron chi connectivity index (χ4n) is 5.60. The molecular formula is C25H44O5. The van der Waals surface area contributed by atoms with E-state index >= 15 is 0 Å². The highest BCUT2D eigenvalue weighted by Crippen LogP contribution is 2.40. The maximum Gasteiger partial charge on any atom is 0.309 e. The molecule has 0 radical (unpaired) electrons. The van der Waals surface area contributed by atoms with Crippen LogP contribution in [-0.2, 0) is 19.1 Å². The van der Waals surface area contributed by atoms with E-state index in [1.165, 1.54) is 0 Å². The van der Waals surface area contributed by atoms with E-state index < -0.39 is 6.10 Å². The Labute approximate surface area is 183 Å². The SMILES string of the molecule is CC1CCC(C(C)C)C(C(=O)OCC(CO)OC(=O)C2CC(C)CCC2C(C)C)C1. The van der Waals surface area contributed by atoms with Crippen LogP contribution >= 0.6 is 0 Å². The molecule has 7 unspecified atom stereocenters. The van der Waals surface area contributed by atoms with Gasteiger partial charge in [-0.25, -0.2) is 0 Å². The normalized spacial score (nSPS) is 33.4. The van der Waals surface area contributed by atoms with Crippen molar-refractivity contribution in [1.29, 1.82) is 0 Å². The second-order valence-electron chi connectivity index (χ2n) is 10.7. The van der Waals surface area contributed by atoms with Crippen LogP contribution < -0.4 is 0 Å². The van der Waals surface area contributed by atoms with Gasteiger partial charge in [0.15, 0.2) is 6.10 Å². The standard InChI is InChI=1S/C25H44O5/c1-15(2)20-9-7-17(5)11-22(20)24(27)29-14-19(13-26)30-25(28)23-12-18(6)8-10-21(23)16(3)4/h15-23,26H,7-14H2,1-6H3. The van der Waals surface area contributed by atoms with Crippen molar-refractivity contribution in [1.82, 2.24) is 0 Å². The molecular weight excluding hydrogens is 380 g/mol. The first-order valence-corrected chi connectivity index (χ1v) is 12.1. The van der Waals surface area contributed by atoms with E-state index in [-0.39, 0.29) is 37.0 Å². The maximum absolute atomic E-state index is 12.9. The number of carbonyl (C=O) groups is 2. The van der Waals surface area contributed by atoms with Gasteiger partial charge in [-0.2, -0.15) is 0 Å². The summed E-state index contributed by atoms with van der Waals surface area (Å²) in [4.78, 5) is 25.7. The van der Waals surface area contributed by atoms with Crippen LogP contribution in [0.25, 0.3) is 0 Å². The van der Waals surface area contributed by atoms with Gasteiger partial charge in [0.25, 0.3) is 0 Å². The Kier molecular flexibility index (Phi) is 9.65. The number of carbonyl (C=O) groups excluding carboxylic acids is 2. The first kappa shape index (κ1) is 25.2. The van der Waals surface area contributed by atoms with Crippen LogP contribution in [0.3, 0.4) is 0 Å². The van der Waals surface area contributed by atoms with Crippen molar-refractivity contribution in [2.75, 3.05) is 13.2 Å². The van der Waals surface area contributed by atoms with E-state index in [1.807, 2.05) is 0 Å². The van der Waals surface area contributed by atoms with Gasteiger partial charge in [-0.15, -0.1) is 0 Å². The lowest BCUT2D eigenvalue weighted by Gasteiger charge is -2.37. The summed E-state index contributed by atoms with van der Waals surface area (Å²) >= 11 is 0. The molecule has 0 spiro atoms. The average Bonchev–Trinajstić information content (AvgIpc) is 2.69. The Morgan fingerprint density at radius 2 is 1.30 bits per heavy atom. The van der Waals surface area contributed by atoms with Crippen LogP contribution in [-0.4, -0.2) is 36.4 Å². The first-order valence-electron chi connectivity index (χ1n) is 12.1. The third-order valence-electron chi connectivity index (χ3n) is 7.55. The Morgan fingerprint density at radius 1 is 0.833 bits per heavy atom. The van der Waals surface area contributed by atoms with Gasteiger partial charge >= 0.3 is 11.9 Å². The highest BCUT2D eigenvalue weighted by Gasteiger charge is 2.39. The highest BCUT2D eigenvalue weighted by atomic mass is 16.6. The summed E-state index contributed by atoms with van der Waals surface area (Å²) in [5.74, 6) is 1.82. The zero-order chi connectivity index (χ0) is 22.4. The Balaban J connectivity index is 1.92. The summed E-state index contributed by atoms with van der Waals surface area (Å²) in [6.45, 7) is 12.6. The molecule has 5 nitrogen and oxygen atoms in total. The molecule has 0 saturated heterocycles. The molecule has 174 valence electrons. The van der Waals surface area contributed by atoms with Crippen LogP contribution in [0.2, 0.25) is 0 Å². The van der Waals surface area contributed by atoms with Crippen molar-refractivity contribution in [3.8, 4) is 0 Å². The molecule has 2 aliphatic rings. The quantitative estimate of drug-likeness (QED) is 0.564. The van der Waals surface area contributed by atoms with E-state index in [4.69, 9.17) is 9.47 Å². The number of aliphatic hydroxyl groups excluding tert-OH is 1. The van der Waals surface area contributed by atoms with Gasteiger partial charge in [0, 0.05) is 0 Å². The molecule has 1 N–H and O–H groups in total. The van der Waals surface area contributed by atoms with Crippen LogP contribution in [0.1, 0.15) is 80.1 Å². The van der Waals surface area contributed by atoms with Crippen molar-refractivity contribution < 1.29 is 24.2 Å². The molecule has 0 aromatic rings. The molecule has 0 bridgehead atoms. The monoisotopic (exact) mass is 424 g/mol. The fourth-order valence-corrected chi connectivity index (χ4v) is 5.60. The molecule has 0 amide bonds. The molecule has 30 heavy (non-hydrogen) atoms. The summed E-state index contributed by atoms with van der Waals surface area (Å²) in [7, 11) is 0. The minimum atomic E-state index is -0.787. The van der Waals surface area contributed by atoms with Gasteiger partial charge in [0.2, 0.25) is 0 Å². The van der Waals surface area contributed by atoms with Crippen LogP contribution in [0.4, 0.5) is 0 Å². The molecule has 2 fully saturated rings. The first-order chi connectivity index (χ1) is 14.1. The fraction of sp³-hybridized carbons (Fsp3) is 0.920. The average molecular weight is 425 g/mol. The van der Waals surface area contributed by atoms with Gasteiger partial charge in [-0.05, 0) is 61.2 Å². The van der Waals surface area contributed by atoms with Crippen molar-refractivity contribution >= 4 is 11.9 Å². The molecule has 0 aromatic carbocycles. The van der Waals surface area contributed by atoms with Gasteiger partial charge in [-0.1, -0.05) is 54.4 Å². The number of ether oxygens (including phenoxy) is 2. The summed E-state index contributed by atoms with van der Waals surface area (Å²) < 4.78 is 11.2. The third-order valence-corrected chi connectivity index (χ3v) is 7.55. The topological polar surface area (TPSA) is 72.8 Å². The van der Waals surface area contributed by atoms with E-state index in [0.717, 1.165) is 38.5 Å². The van der Waals surface area contributed by atoms with E-state index in [9.17, 15) is 14.7 Å². The second-order valence-corrected chi connectivity index (χ2v) is 10.7. The summed E-state index contributed by atoms with van der Waals surface area (Å²) in [5.41, 5.74) is 0. The smallest absolute Gasteiger partial charge is 0.309 e. The zero-order valence-electron chi connectivity index (χ0n) is 19.9. The van der Waals surface area contributed by atoms with Crippen molar-refractivity contribution in [2.24, 2.45) is 47.3 Å². The molecule has 2 rings (SSSR count). The molecule has 5 heteroatoms. The lowest BCUT2D eigenvalue weighted by molar-refractivity contribution is -0.171. The number of hydrogen-bond acceptors (Lipinski definition) is 5. The number of aliphatic hydroxyl groups is 1. The molecule has 0 heterocycles. The molecule has 2 saturated carbocycles. The molecule has 0 aliphatic heterocycles. The van der Waals surface area contributed by atoms with Crippen LogP contribution in [0.15, 0.2) is 0 Å². The van der Waals surface area contributed by atoms with E-state index in [0.29, 0.717) is 35.5 Å². The highest BCUT2D eigenvalue weighted by molar-refractivity contribution is 5.74. The molecule has 2 aliphatic carbocycles. The Bertz CT molecular complexity index is 558. The van der Waals surface area contributed by atoms with Crippen molar-refractivity contribution in [3.05, 3.63) is 0 Å². The lowest BCUT2D eigenvalue weighted by atomic mass is 9.70. The predicted molar refractivity (Wildman–Crippen MR) is 118 cm³/mol. The molecule has 7 atom stereocenters. The van der Waals surface area contributed by atoms with E-state index in [2.05, 4.69) is 41.5 Å². The third kappa shape index (κ3) is 6.70. The van der Waals surface area contributed by atoms with Crippen LogP contribution in [0, 0.1) is 47.3 Å². The minimum Gasteiger partial charge on any atom is -0.461 e. The predicted octanol–water partition coefficient (Wildman–Crippen LogP) is 4.85. The summed E-state index contributed by atoms with van der Waals surface area (Å²) in [6, 6.07) is 0. The number of esters is 2. The number of hydrogen-bond donors (Lipinski definition) is 1. The minimum absolute atomic E-state index is 0.0641. The summed E-state index contributed by atoms with van der Waals surface area (Å²) in [5, 5.41) is 9.74. The Hall–Kier alpha value is -1.10. The summed E-state index contributed by atoms with van der Waals surface area (Å²) in [6.07, 6.45) is 5.27. The lowest BCUT2D eigenvalue weighted by Crippen LogP contribution is -2.39. The van der Waals surface area contributed by atoms with Gasteiger partial charge in [-0.3, -0.25) is 9.59 Å². The van der Waals surface area contributed by atoms with Gasteiger partial charge in [0.05, 0.1) is 18.4 Å². The number of rotatable bonds is 8. The van der Waals surface area contributed by atoms with Crippen molar-refractivity contribution in [2.45, 2.75) is 86.2 Å². The maximum atomic E-state index is 12.9. The van der Waals surface area contributed by atoms with Crippen LogP contribution in [0.5, 0.6) is 0 Å². The van der Waals surface area contributed by atoms with Gasteiger partial charge in [0.1, 0.15) is 6.61 Å². The second kappa shape index (κ2) is 11.5. The zero-order valence-corrected chi connectivity index (χ0v) is 19.9. The largest absolute Gasteiger partial charge is 0.461 e. The Morgan fingerprint density at radius 3 is 1.73 bits per heavy atom. The van der Waals surface area contributed by atoms with E-state index in [1.54, 1.807) is 0 Å².